The summed E-state index contributed by atoms with van der Waals surface area (Å²) in [6.07, 6.45) is 5.27. The van der Waals surface area contributed by atoms with Gasteiger partial charge >= 0.3 is 0 Å². The van der Waals surface area contributed by atoms with E-state index in [0.29, 0.717) is 5.95 Å². The van der Waals surface area contributed by atoms with Crippen LogP contribution >= 0.6 is 0 Å². The number of nitrogen functional groups attached to an aromatic ring is 1. The van der Waals surface area contributed by atoms with Crippen molar-refractivity contribution < 1.29 is 0 Å². The molecule has 0 aromatic carbocycles. The molecule has 4 nitrogen and oxygen atoms in total. The number of rotatable bonds is 2. The summed E-state index contributed by atoms with van der Waals surface area (Å²) in [6, 6.07) is 3.99. The average Bonchev–Trinajstić information content (AvgIpc) is 2.69. The fourth-order valence-electron chi connectivity index (χ4n) is 3.06. The molecule has 0 bridgehead atoms. The van der Waals surface area contributed by atoms with Gasteiger partial charge in [0.1, 0.15) is 5.52 Å². The van der Waals surface area contributed by atoms with E-state index in [-0.39, 0.29) is 0 Å². The Morgan fingerprint density at radius 2 is 1.95 bits per heavy atom. The van der Waals surface area contributed by atoms with Crippen LogP contribution in [0.15, 0.2) is 12.1 Å². The number of hydrogen-bond acceptors (Lipinski definition) is 3. The van der Waals surface area contributed by atoms with Crippen molar-refractivity contribution in [3.63, 3.8) is 0 Å². The van der Waals surface area contributed by atoms with Crippen LogP contribution in [0, 0.1) is 18.8 Å². The summed E-state index contributed by atoms with van der Waals surface area (Å²) in [6.45, 7) is 5.32. The molecule has 1 fully saturated rings. The maximum atomic E-state index is 6.06. The monoisotopic (exact) mass is 258 g/mol. The first-order chi connectivity index (χ1) is 9.13. The van der Waals surface area contributed by atoms with E-state index in [0.717, 1.165) is 35.2 Å². The highest BCUT2D eigenvalue weighted by atomic mass is 15.2. The van der Waals surface area contributed by atoms with Gasteiger partial charge in [-0.2, -0.15) is 0 Å². The lowest BCUT2D eigenvalue weighted by Gasteiger charge is -2.26. The van der Waals surface area contributed by atoms with Crippen molar-refractivity contribution in [2.75, 3.05) is 5.73 Å². The zero-order chi connectivity index (χ0) is 13.4. The molecule has 2 aromatic rings. The summed E-state index contributed by atoms with van der Waals surface area (Å²) in [5.41, 5.74) is 8.93. The van der Waals surface area contributed by atoms with Crippen molar-refractivity contribution in [2.24, 2.45) is 11.8 Å². The topological polar surface area (TPSA) is 56.7 Å². The van der Waals surface area contributed by atoms with Gasteiger partial charge in [0.25, 0.3) is 0 Å². The van der Waals surface area contributed by atoms with Crippen molar-refractivity contribution in [3.05, 3.63) is 17.8 Å². The molecule has 2 N–H and O–H groups in total. The van der Waals surface area contributed by atoms with Crippen LogP contribution in [-0.2, 0) is 6.54 Å². The number of aryl methyl sites for hydroxylation is 1. The Labute approximate surface area is 114 Å². The molecule has 2 aromatic heterocycles. The molecule has 0 saturated heterocycles. The van der Waals surface area contributed by atoms with E-state index < -0.39 is 0 Å². The summed E-state index contributed by atoms with van der Waals surface area (Å²) in [4.78, 5) is 9.01. The average molecular weight is 258 g/mol. The van der Waals surface area contributed by atoms with Crippen molar-refractivity contribution in [2.45, 2.75) is 46.1 Å². The smallest absolute Gasteiger partial charge is 0.202 e. The maximum absolute atomic E-state index is 6.06. The lowest BCUT2D eigenvalue weighted by molar-refractivity contribution is 0.267. The minimum absolute atomic E-state index is 0.603. The largest absolute Gasteiger partial charge is 0.369 e. The van der Waals surface area contributed by atoms with Gasteiger partial charge in [0.2, 0.25) is 5.95 Å². The fourth-order valence-corrected chi connectivity index (χ4v) is 3.06. The number of hydrogen-bond donors (Lipinski definition) is 1. The molecule has 102 valence electrons. The number of anilines is 1. The van der Waals surface area contributed by atoms with Gasteiger partial charge in [0, 0.05) is 12.2 Å². The third kappa shape index (κ3) is 2.44. The van der Waals surface area contributed by atoms with Crippen molar-refractivity contribution in [1.82, 2.24) is 14.5 Å². The van der Waals surface area contributed by atoms with E-state index in [2.05, 4.69) is 21.5 Å². The number of fused-ring (bicyclic) bond motifs is 1. The second kappa shape index (κ2) is 4.83. The van der Waals surface area contributed by atoms with Crippen molar-refractivity contribution in [3.8, 4) is 0 Å². The molecule has 4 heteroatoms. The Morgan fingerprint density at radius 3 is 2.68 bits per heavy atom. The van der Waals surface area contributed by atoms with Crippen LogP contribution < -0.4 is 5.73 Å². The van der Waals surface area contributed by atoms with Crippen LogP contribution in [0.25, 0.3) is 11.2 Å². The first-order valence-electron chi connectivity index (χ1n) is 7.23. The molecule has 0 spiro atoms. The van der Waals surface area contributed by atoms with Gasteiger partial charge in [0.15, 0.2) is 5.65 Å². The van der Waals surface area contributed by atoms with E-state index >= 15 is 0 Å². The molecule has 1 saturated carbocycles. The number of nitrogens with zero attached hydrogens (tertiary/aromatic N) is 3. The predicted molar refractivity (Wildman–Crippen MR) is 77.8 cm³/mol. The predicted octanol–water partition coefficient (Wildman–Crippen LogP) is 3.15. The van der Waals surface area contributed by atoms with Gasteiger partial charge < -0.3 is 5.73 Å². The number of aromatic nitrogens is 3. The van der Waals surface area contributed by atoms with Crippen LogP contribution in [0.2, 0.25) is 0 Å². The molecule has 0 unspecified atom stereocenters. The first kappa shape index (κ1) is 12.5. The Balaban J connectivity index is 1.87. The van der Waals surface area contributed by atoms with Crippen LogP contribution in [-0.4, -0.2) is 14.5 Å². The second-order valence-electron chi connectivity index (χ2n) is 6.00. The van der Waals surface area contributed by atoms with Gasteiger partial charge in [-0.3, -0.25) is 4.57 Å². The molecule has 1 aliphatic carbocycles. The summed E-state index contributed by atoms with van der Waals surface area (Å²) < 4.78 is 2.10. The van der Waals surface area contributed by atoms with E-state index in [1.807, 2.05) is 19.1 Å². The van der Waals surface area contributed by atoms with E-state index in [1.54, 1.807) is 0 Å². The highest BCUT2D eigenvalue weighted by Crippen LogP contribution is 2.30. The lowest BCUT2D eigenvalue weighted by Crippen LogP contribution is -2.19. The maximum Gasteiger partial charge on any atom is 0.202 e. The molecule has 1 aliphatic rings. The SMILES string of the molecule is Cc1ccc2nc(N)n(CC3CCC(C)CC3)c2n1. The van der Waals surface area contributed by atoms with Gasteiger partial charge in [0.05, 0.1) is 0 Å². The number of pyridine rings is 1. The van der Waals surface area contributed by atoms with Crippen LogP contribution in [0.4, 0.5) is 5.95 Å². The minimum Gasteiger partial charge on any atom is -0.369 e. The molecule has 3 rings (SSSR count). The second-order valence-corrected chi connectivity index (χ2v) is 6.00. The Bertz CT molecular complexity index is 579. The van der Waals surface area contributed by atoms with Crippen LogP contribution in [0.5, 0.6) is 0 Å². The molecule has 0 aliphatic heterocycles. The quantitative estimate of drug-likeness (QED) is 0.900. The summed E-state index contributed by atoms with van der Waals surface area (Å²) in [7, 11) is 0. The molecular weight excluding hydrogens is 236 g/mol. The van der Waals surface area contributed by atoms with Crippen LogP contribution in [0.1, 0.15) is 38.3 Å². The molecule has 2 heterocycles. The van der Waals surface area contributed by atoms with E-state index in [1.165, 1.54) is 25.7 Å². The normalized spacial score (nSPS) is 23.9. The Kier molecular flexibility index (Phi) is 3.17. The van der Waals surface area contributed by atoms with Gasteiger partial charge in [-0.15, -0.1) is 0 Å². The van der Waals surface area contributed by atoms with Crippen molar-refractivity contribution >= 4 is 17.1 Å². The van der Waals surface area contributed by atoms with Crippen molar-refractivity contribution in [1.29, 1.82) is 0 Å². The molecule has 0 atom stereocenters. The molecule has 19 heavy (non-hydrogen) atoms. The zero-order valence-corrected chi connectivity index (χ0v) is 11.8. The first-order valence-corrected chi connectivity index (χ1v) is 7.23. The minimum atomic E-state index is 0.603. The Morgan fingerprint density at radius 1 is 1.21 bits per heavy atom. The summed E-state index contributed by atoms with van der Waals surface area (Å²) in [5, 5.41) is 0. The number of imidazole rings is 1. The summed E-state index contributed by atoms with van der Waals surface area (Å²) >= 11 is 0. The van der Waals surface area contributed by atoms with Crippen LogP contribution in [0.3, 0.4) is 0 Å². The molecule has 0 amide bonds. The standard InChI is InChI=1S/C15H22N4/c1-10-3-6-12(7-4-10)9-19-14-13(18-15(19)16)8-5-11(2)17-14/h5,8,10,12H,3-4,6-7,9H2,1-2H3,(H2,16,18). The van der Waals surface area contributed by atoms with E-state index in [4.69, 9.17) is 5.73 Å². The zero-order valence-electron chi connectivity index (χ0n) is 11.8. The molecular formula is C15H22N4. The summed E-state index contributed by atoms with van der Waals surface area (Å²) in [5.74, 6) is 2.21. The lowest BCUT2D eigenvalue weighted by atomic mass is 9.83. The van der Waals surface area contributed by atoms with Gasteiger partial charge in [-0.25, -0.2) is 9.97 Å². The third-order valence-electron chi connectivity index (χ3n) is 4.34. The Hall–Kier alpha value is -1.58. The fraction of sp³-hybridized carbons (Fsp3) is 0.600. The van der Waals surface area contributed by atoms with E-state index in [9.17, 15) is 0 Å². The van der Waals surface area contributed by atoms with Gasteiger partial charge in [-0.05, 0) is 43.7 Å². The highest BCUT2D eigenvalue weighted by Gasteiger charge is 2.20. The highest BCUT2D eigenvalue weighted by molar-refractivity contribution is 5.74. The number of nitrogens with two attached hydrogens (primary N) is 1. The third-order valence-corrected chi connectivity index (χ3v) is 4.34. The van der Waals surface area contributed by atoms with Gasteiger partial charge in [-0.1, -0.05) is 19.8 Å². The molecule has 0 radical (unpaired) electrons.